The lowest BCUT2D eigenvalue weighted by Crippen LogP contribution is -2.40. The second-order valence-electron chi connectivity index (χ2n) is 4.30. The summed E-state index contributed by atoms with van der Waals surface area (Å²) in [7, 11) is 1.58. The number of carboxylic acids is 1. The van der Waals surface area contributed by atoms with Gasteiger partial charge in [0.05, 0.1) is 12.5 Å². The maximum absolute atomic E-state index is 11.9. The quantitative estimate of drug-likeness (QED) is 0.837. The number of amides is 2. The second kappa shape index (κ2) is 7.08. The molecule has 0 fully saturated rings. The van der Waals surface area contributed by atoms with Gasteiger partial charge in [-0.1, -0.05) is 6.92 Å². The van der Waals surface area contributed by atoms with Crippen LogP contribution in [0.4, 0.5) is 4.79 Å². The van der Waals surface area contributed by atoms with E-state index in [0.29, 0.717) is 0 Å². The van der Waals surface area contributed by atoms with Gasteiger partial charge >= 0.3 is 12.0 Å². The van der Waals surface area contributed by atoms with Crippen LogP contribution in [0.2, 0.25) is 0 Å². The Morgan fingerprint density at radius 2 is 2.26 bits per heavy atom. The van der Waals surface area contributed by atoms with Gasteiger partial charge < -0.3 is 15.3 Å². The lowest BCUT2D eigenvalue weighted by atomic mass is 10.2. The summed E-state index contributed by atoms with van der Waals surface area (Å²) in [5, 5.41) is 14.3. The Labute approximate surface area is 116 Å². The average Bonchev–Trinajstić information content (AvgIpc) is 2.79. The van der Waals surface area contributed by atoms with Crippen LogP contribution in [0.1, 0.15) is 36.5 Å². The van der Waals surface area contributed by atoms with E-state index in [9.17, 15) is 9.59 Å². The van der Waals surface area contributed by atoms with Gasteiger partial charge in [-0.15, -0.1) is 11.3 Å². The molecule has 0 saturated heterocycles. The topological polar surface area (TPSA) is 82.5 Å². The fourth-order valence-electron chi connectivity index (χ4n) is 1.49. The van der Waals surface area contributed by atoms with Crippen LogP contribution in [-0.4, -0.2) is 40.6 Å². The van der Waals surface area contributed by atoms with Crippen molar-refractivity contribution in [3.63, 3.8) is 0 Å². The number of nitrogens with zero attached hydrogens (tertiary/aromatic N) is 2. The van der Waals surface area contributed by atoms with Gasteiger partial charge in [0.25, 0.3) is 0 Å². The number of carbonyl (C=O) groups excluding carboxylic acids is 1. The Morgan fingerprint density at radius 1 is 1.58 bits per heavy atom. The minimum absolute atomic E-state index is 0.0585. The number of carboxylic acid groups (broad SMARTS) is 1. The van der Waals surface area contributed by atoms with Gasteiger partial charge in [-0.05, 0) is 13.3 Å². The highest BCUT2D eigenvalue weighted by atomic mass is 32.1. The minimum atomic E-state index is -0.915. The predicted octanol–water partition coefficient (Wildman–Crippen LogP) is 2.02. The van der Waals surface area contributed by atoms with Gasteiger partial charge in [-0.25, -0.2) is 9.78 Å². The van der Waals surface area contributed by atoms with Crippen molar-refractivity contribution in [2.24, 2.45) is 0 Å². The molecule has 0 saturated carbocycles. The predicted molar refractivity (Wildman–Crippen MR) is 73.3 cm³/mol. The van der Waals surface area contributed by atoms with E-state index >= 15 is 0 Å². The van der Waals surface area contributed by atoms with Crippen LogP contribution in [0.5, 0.6) is 0 Å². The van der Waals surface area contributed by atoms with Crippen LogP contribution in [0.3, 0.4) is 0 Å². The zero-order chi connectivity index (χ0) is 14.4. The SMILES string of the molecule is CCC(NC(=O)N(C)CCC(=O)O)c1nc(C)cs1. The summed E-state index contributed by atoms with van der Waals surface area (Å²) < 4.78 is 0. The van der Waals surface area contributed by atoms with E-state index in [1.807, 2.05) is 19.2 Å². The van der Waals surface area contributed by atoms with Crippen LogP contribution >= 0.6 is 11.3 Å². The number of rotatable bonds is 6. The molecule has 0 radical (unpaired) electrons. The summed E-state index contributed by atoms with van der Waals surface area (Å²) in [6.07, 6.45) is 0.683. The molecule has 1 heterocycles. The number of aryl methyl sites for hydroxylation is 1. The molecule has 0 aliphatic carbocycles. The van der Waals surface area contributed by atoms with Gasteiger partial charge in [-0.2, -0.15) is 0 Å². The maximum Gasteiger partial charge on any atom is 0.317 e. The van der Waals surface area contributed by atoms with Crippen LogP contribution < -0.4 is 5.32 Å². The average molecular weight is 285 g/mol. The molecule has 1 aromatic heterocycles. The number of aliphatic carboxylic acids is 1. The van der Waals surface area contributed by atoms with E-state index in [1.54, 1.807) is 7.05 Å². The highest BCUT2D eigenvalue weighted by Crippen LogP contribution is 2.20. The Kier molecular flexibility index (Phi) is 5.75. The van der Waals surface area contributed by atoms with Gasteiger partial charge in [-0.3, -0.25) is 4.79 Å². The van der Waals surface area contributed by atoms with Crippen molar-refractivity contribution in [2.75, 3.05) is 13.6 Å². The van der Waals surface area contributed by atoms with Crippen molar-refractivity contribution in [2.45, 2.75) is 32.7 Å². The minimum Gasteiger partial charge on any atom is -0.481 e. The van der Waals surface area contributed by atoms with E-state index in [2.05, 4.69) is 10.3 Å². The molecule has 0 spiro atoms. The molecule has 19 heavy (non-hydrogen) atoms. The summed E-state index contributed by atoms with van der Waals surface area (Å²) >= 11 is 1.52. The van der Waals surface area contributed by atoms with Crippen molar-refractivity contribution in [1.29, 1.82) is 0 Å². The van der Waals surface area contributed by atoms with E-state index < -0.39 is 5.97 Å². The van der Waals surface area contributed by atoms with Crippen molar-refractivity contribution >= 4 is 23.3 Å². The van der Waals surface area contributed by atoms with Crippen molar-refractivity contribution in [3.8, 4) is 0 Å². The Hall–Kier alpha value is -1.63. The van der Waals surface area contributed by atoms with Gasteiger partial charge in [0, 0.05) is 24.7 Å². The first-order chi connectivity index (χ1) is 8.93. The summed E-state index contributed by atoms with van der Waals surface area (Å²) in [4.78, 5) is 28.1. The van der Waals surface area contributed by atoms with Crippen molar-refractivity contribution in [1.82, 2.24) is 15.2 Å². The zero-order valence-electron chi connectivity index (χ0n) is 11.3. The molecule has 1 aromatic rings. The molecule has 1 unspecified atom stereocenters. The fourth-order valence-corrected chi connectivity index (χ4v) is 2.43. The van der Waals surface area contributed by atoms with Gasteiger partial charge in [0.1, 0.15) is 5.01 Å². The fraction of sp³-hybridized carbons (Fsp3) is 0.583. The monoisotopic (exact) mass is 285 g/mol. The third kappa shape index (κ3) is 4.86. The summed E-state index contributed by atoms with van der Waals surface area (Å²) in [5.41, 5.74) is 0.937. The molecule has 0 bridgehead atoms. The molecule has 7 heteroatoms. The van der Waals surface area contributed by atoms with Gasteiger partial charge in [0.15, 0.2) is 0 Å². The van der Waals surface area contributed by atoms with Crippen LogP contribution in [-0.2, 0) is 4.79 Å². The summed E-state index contributed by atoms with van der Waals surface area (Å²) in [5.74, 6) is -0.915. The molecular weight excluding hydrogens is 266 g/mol. The zero-order valence-corrected chi connectivity index (χ0v) is 12.2. The first kappa shape index (κ1) is 15.4. The molecular formula is C12H19N3O3S. The molecule has 6 nitrogen and oxygen atoms in total. The van der Waals surface area contributed by atoms with Gasteiger partial charge in [0.2, 0.25) is 0 Å². The Morgan fingerprint density at radius 3 is 2.74 bits per heavy atom. The van der Waals surface area contributed by atoms with E-state index in [-0.39, 0.29) is 25.0 Å². The molecule has 0 aliphatic heterocycles. The lowest BCUT2D eigenvalue weighted by molar-refractivity contribution is -0.137. The second-order valence-corrected chi connectivity index (χ2v) is 5.19. The molecule has 106 valence electrons. The number of thiazole rings is 1. The number of carbonyl (C=O) groups is 2. The standard InChI is InChI=1S/C12H19N3O3S/c1-4-9(11-13-8(2)7-19-11)14-12(18)15(3)6-5-10(16)17/h7,9H,4-6H2,1-3H3,(H,14,18)(H,16,17). The molecule has 2 N–H and O–H groups in total. The van der Waals surface area contributed by atoms with Crippen LogP contribution in [0.15, 0.2) is 5.38 Å². The number of aromatic nitrogens is 1. The van der Waals surface area contributed by atoms with Crippen molar-refractivity contribution in [3.05, 3.63) is 16.1 Å². The number of nitrogens with one attached hydrogen (secondary N) is 1. The number of hydrogen-bond acceptors (Lipinski definition) is 4. The number of urea groups is 1. The van der Waals surface area contributed by atoms with Crippen LogP contribution in [0, 0.1) is 6.92 Å². The van der Waals surface area contributed by atoms with E-state index in [0.717, 1.165) is 17.1 Å². The Bertz CT molecular complexity index is 447. The summed E-state index contributed by atoms with van der Waals surface area (Å²) in [6, 6.07) is -0.403. The first-order valence-corrected chi connectivity index (χ1v) is 6.97. The molecule has 1 atom stereocenters. The highest BCUT2D eigenvalue weighted by molar-refractivity contribution is 7.09. The molecule has 2 amide bonds. The van der Waals surface area contributed by atoms with E-state index in [4.69, 9.17) is 5.11 Å². The summed E-state index contributed by atoms with van der Waals surface area (Å²) in [6.45, 7) is 4.07. The molecule has 0 aromatic carbocycles. The largest absolute Gasteiger partial charge is 0.481 e. The normalized spacial score (nSPS) is 11.9. The maximum atomic E-state index is 11.9. The Balaban J connectivity index is 2.55. The molecule has 1 rings (SSSR count). The van der Waals surface area contributed by atoms with Crippen LogP contribution in [0.25, 0.3) is 0 Å². The first-order valence-electron chi connectivity index (χ1n) is 6.09. The van der Waals surface area contributed by atoms with Crippen molar-refractivity contribution < 1.29 is 14.7 Å². The smallest absolute Gasteiger partial charge is 0.317 e. The lowest BCUT2D eigenvalue weighted by Gasteiger charge is -2.21. The van der Waals surface area contributed by atoms with E-state index in [1.165, 1.54) is 16.2 Å². The number of hydrogen-bond donors (Lipinski definition) is 2. The highest BCUT2D eigenvalue weighted by Gasteiger charge is 2.18. The molecule has 0 aliphatic rings. The third-order valence-electron chi connectivity index (χ3n) is 2.65. The third-order valence-corrected chi connectivity index (χ3v) is 3.72.